The van der Waals surface area contributed by atoms with Gasteiger partial charge in [-0.25, -0.2) is 4.39 Å². The standard InChI is InChI=1S/C23H22FNO3/c1-17(15-27-16-18-5-3-2-4-6-18)23(26)25-20-9-13-22(14-10-20)28-21-11-7-19(24)8-12-21/h2-14,17H,15-16H2,1H3,(H,25,26)/t17-/m0/s1. The molecule has 0 saturated heterocycles. The van der Waals surface area contributed by atoms with E-state index in [1.54, 1.807) is 36.4 Å². The van der Waals surface area contributed by atoms with Crippen molar-refractivity contribution in [2.45, 2.75) is 13.5 Å². The smallest absolute Gasteiger partial charge is 0.229 e. The van der Waals surface area contributed by atoms with Crippen LogP contribution in [-0.2, 0) is 16.1 Å². The third kappa shape index (κ3) is 5.93. The van der Waals surface area contributed by atoms with E-state index < -0.39 is 0 Å². The molecule has 1 atom stereocenters. The van der Waals surface area contributed by atoms with E-state index in [-0.39, 0.29) is 17.6 Å². The third-order valence-corrected chi connectivity index (χ3v) is 4.10. The Hall–Kier alpha value is -3.18. The summed E-state index contributed by atoms with van der Waals surface area (Å²) in [5.41, 5.74) is 1.75. The van der Waals surface area contributed by atoms with E-state index in [0.29, 0.717) is 30.4 Å². The number of benzene rings is 3. The maximum Gasteiger partial charge on any atom is 0.229 e. The van der Waals surface area contributed by atoms with Gasteiger partial charge in [-0.05, 0) is 54.1 Å². The first-order valence-electron chi connectivity index (χ1n) is 9.06. The van der Waals surface area contributed by atoms with Crippen LogP contribution in [0.1, 0.15) is 12.5 Å². The van der Waals surface area contributed by atoms with Crippen molar-refractivity contribution in [3.63, 3.8) is 0 Å². The lowest BCUT2D eigenvalue weighted by atomic mass is 10.1. The number of amides is 1. The fourth-order valence-corrected chi connectivity index (χ4v) is 2.51. The monoisotopic (exact) mass is 379 g/mol. The predicted octanol–water partition coefficient (Wildman–Crippen LogP) is 5.41. The molecule has 4 nitrogen and oxygen atoms in total. The SMILES string of the molecule is C[C@@H](COCc1ccccc1)C(=O)Nc1ccc(Oc2ccc(F)cc2)cc1. The van der Waals surface area contributed by atoms with Crippen molar-refractivity contribution in [1.29, 1.82) is 0 Å². The number of carbonyl (C=O) groups is 1. The molecule has 0 bridgehead atoms. The van der Waals surface area contributed by atoms with E-state index in [1.165, 1.54) is 12.1 Å². The summed E-state index contributed by atoms with van der Waals surface area (Å²) in [6.45, 7) is 2.65. The van der Waals surface area contributed by atoms with E-state index in [9.17, 15) is 9.18 Å². The predicted molar refractivity (Wildman–Crippen MR) is 107 cm³/mol. The van der Waals surface area contributed by atoms with Gasteiger partial charge in [-0.3, -0.25) is 4.79 Å². The highest BCUT2D eigenvalue weighted by Gasteiger charge is 2.13. The molecule has 1 amide bonds. The van der Waals surface area contributed by atoms with Crippen molar-refractivity contribution < 1.29 is 18.7 Å². The fraction of sp³-hybridized carbons (Fsp3) is 0.174. The lowest BCUT2D eigenvalue weighted by molar-refractivity contribution is -0.121. The lowest BCUT2D eigenvalue weighted by Gasteiger charge is -2.13. The van der Waals surface area contributed by atoms with Gasteiger partial charge in [0, 0.05) is 5.69 Å². The molecule has 0 heterocycles. The van der Waals surface area contributed by atoms with Crippen LogP contribution in [0.2, 0.25) is 0 Å². The van der Waals surface area contributed by atoms with E-state index in [1.807, 2.05) is 37.3 Å². The molecular weight excluding hydrogens is 357 g/mol. The van der Waals surface area contributed by atoms with Crippen LogP contribution < -0.4 is 10.1 Å². The molecule has 0 radical (unpaired) electrons. The van der Waals surface area contributed by atoms with Crippen LogP contribution in [0, 0.1) is 11.7 Å². The van der Waals surface area contributed by atoms with Crippen LogP contribution in [-0.4, -0.2) is 12.5 Å². The van der Waals surface area contributed by atoms with Gasteiger partial charge in [-0.15, -0.1) is 0 Å². The highest BCUT2D eigenvalue weighted by Crippen LogP contribution is 2.23. The molecule has 0 aliphatic rings. The molecule has 5 heteroatoms. The molecule has 0 unspecified atom stereocenters. The minimum absolute atomic E-state index is 0.111. The van der Waals surface area contributed by atoms with Gasteiger partial charge < -0.3 is 14.8 Å². The van der Waals surface area contributed by atoms with Gasteiger partial charge in [-0.2, -0.15) is 0 Å². The Morgan fingerprint density at radius 1 is 0.929 bits per heavy atom. The molecule has 0 fully saturated rings. The Bertz CT molecular complexity index is 880. The van der Waals surface area contributed by atoms with Crippen LogP contribution in [0.3, 0.4) is 0 Å². The largest absolute Gasteiger partial charge is 0.457 e. The quantitative estimate of drug-likeness (QED) is 0.569. The number of anilines is 1. The molecular formula is C23H22FNO3. The number of hydrogen-bond donors (Lipinski definition) is 1. The Morgan fingerprint density at radius 3 is 2.18 bits per heavy atom. The number of ether oxygens (including phenoxy) is 2. The minimum Gasteiger partial charge on any atom is -0.457 e. The van der Waals surface area contributed by atoms with Gasteiger partial charge in [-0.1, -0.05) is 37.3 Å². The Balaban J connectivity index is 1.46. The maximum atomic E-state index is 12.9. The fourth-order valence-electron chi connectivity index (χ4n) is 2.51. The second-order valence-electron chi connectivity index (χ2n) is 6.47. The number of hydrogen-bond acceptors (Lipinski definition) is 3. The summed E-state index contributed by atoms with van der Waals surface area (Å²) in [6, 6.07) is 22.6. The molecule has 1 N–H and O–H groups in total. The lowest BCUT2D eigenvalue weighted by Crippen LogP contribution is -2.24. The summed E-state index contributed by atoms with van der Waals surface area (Å²) in [5, 5.41) is 2.86. The van der Waals surface area contributed by atoms with Crippen LogP contribution in [0.5, 0.6) is 11.5 Å². The van der Waals surface area contributed by atoms with Crippen LogP contribution in [0.4, 0.5) is 10.1 Å². The van der Waals surface area contributed by atoms with Crippen LogP contribution in [0.15, 0.2) is 78.9 Å². The average molecular weight is 379 g/mol. The van der Waals surface area contributed by atoms with Crippen molar-refractivity contribution >= 4 is 11.6 Å². The summed E-state index contributed by atoms with van der Waals surface area (Å²) in [5.74, 6) is 0.442. The highest BCUT2D eigenvalue weighted by molar-refractivity contribution is 5.92. The van der Waals surface area contributed by atoms with Crippen LogP contribution >= 0.6 is 0 Å². The first-order valence-corrected chi connectivity index (χ1v) is 9.06. The van der Waals surface area contributed by atoms with Crippen LogP contribution in [0.25, 0.3) is 0 Å². The minimum atomic E-state index is -0.313. The molecule has 0 spiro atoms. The number of carbonyl (C=O) groups excluding carboxylic acids is 1. The summed E-state index contributed by atoms with van der Waals surface area (Å²) < 4.78 is 24.2. The van der Waals surface area contributed by atoms with Gasteiger partial charge in [0.1, 0.15) is 17.3 Å². The maximum absolute atomic E-state index is 12.9. The molecule has 28 heavy (non-hydrogen) atoms. The molecule has 3 aromatic carbocycles. The van der Waals surface area contributed by atoms with Crippen molar-refractivity contribution in [2.24, 2.45) is 5.92 Å². The number of halogens is 1. The van der Waals surface area contributed by atoms with E-state index in [4.69, 9.17) is 9.47 Å². The van der Waals surface area contributed by atoms with E-state index in [2.05, 4.69) is 5.32 Å². The summed E-state index contributed by atoms with van der Waals surface area (Å²) in [6.07, 6.45) is 0. The molecule has 0 saturated carbocycles. The normalized spacial score (nSPS) is 11.6. The zero-order valence-electron chi connectivity index (χ0n) is 15.6. The van der Waals surface area contributed by atoms with E-state index >= 15 is 0 Å². The average Bonchev–Trinajstić information content (AvgIpc) is 2.72. The Labute approximate surface area is 163 Å². The number of nitrogens with one attached hydrogen (secondary N) is 1. The first kappa shape index (κ1) is 19.6. The van der Waals surface area contributed by atoms with Crippen molar-refractivity contribution in [1.82, 2.24) is 0 Å². The first-order chi connectivity index (χ1) is 13.6. The molecule has 0 aliphatic heterocycles. The van der Waals surface area contributed by atoms with Gasteiger partial charge >= 0.3 is 0 Å². The molecule has 144 valence electrons. The zero-order valence-corrected chi connectivity index (χ0v) is 15.6. The van der Waals surface area contributed by atoms with E-state index in [0.717, 1.165) is 5.56 Å². The molecule has 3 aromatic rings. The van der Waals surface area contributed by atoms with Gasteiger partial charge in [0.05, 0.1) is 19.1 Å². The second-order valence-corrected chi connectivity index (χ2v) is 6.47. The summed E-state index contributed by atoms with van der Waals surface area (Å²) >= 11 is 0. The van der Waals surface area contributed by atoms with Gasteiger partial charge in [0.25, 0.3) is 0 Å². The topological polar surface area (TPSA) is 47.6 Å². The van der Waals surface area contributed by atoms with Gasteiger partial charge in [0.15, 0.2) is 0 Å². The van der Waals surface area contributed by atoms with Crippen molar-refractivity contribution in [3.05, 3.63) is 90.2 Å². The Morgan fingerprint density at radius 2 is 1.54 bits per heavy atom. The summed E-state index contributed by atoms with van der Waals surface area (Å²) in [4.78, 5) is 12.3. The van der Waals surface area contributed by atoms with Crippen molar-refractivity contribution in [3.8, 4) is 11.5 Å². The third-order valence-electron chi connectivity index (χ3n) is 4.10. The summed E-state index contributed by atoms with van der Waals surface area (Å²) in [7, 11) is 0. The number of rotatable bonds is 8. The Kier molecular flexibility index (Phi) is 6.76. The molecule has 0 aliphatic carbocycles. The highest BCUT2D eigenvalue weighted by atomic mass is 19.1. The van der Waals surface area contributed by atoms with Gasteiger partial charge in [0.2, 0.25) is 5.91 Å². The second kappa shape index (κ2) is 9.67. The molecule has 3 rings (SSSR count). The molecule has 0 aromatic heterocycles. The van der Waals surface area contributed by atoms with Crippen molar-refractivity contribution in [2.75, 3.05) is 11.9 Å². The zero-order chi connectivity index (χ0) is 19.8.